The van der Waals surface area contributed by atoms with Crippen molar-refractivity contribution >= 4 is 47.5 Å². The molecule has 7 rings (SSSR count). The smallest absolute Gasteiger partial charge is 0.283 e. The van der Waals surface area contributed by atoms with Crippen LogP contribution in [0.1, 0.15) is 5.56 Å². The Morgan fingerprint density at radius 2 is 1.50 bits per heavy atom. The number of rotatable bonds is 8. The summed E-state index contributed by atoms with van der Waals surface area (Å²) in [4.78, 5) is 12.5. The molecule has 3 aromatic heterocycles. The molecule has 7 aromatic rings. The number of pyridine rings is 1. The third-order valence-electron chi connectivity index (χ3n) is 8.05. The third kappa shape index (κ3) is 5.23. The number of hydrogen-bond acceptors (Lipinski definition) is 6. The van der Waals surface area contributed by atoms with Gasteiger partial charge in [0, 0.05) is 53.9 Å². The first kappa shape index (κ1) is 29.5. The number of aromatic amines is 1. The number of nitrogens with one attached hydrogen (secondary N) is 1. The van der Waals surface area contributed by atoms with E-state index in [9.17, 15) is 16.8 Å². The van der Waals surface area contributed by atoms with E-state index in [-0.39, 0.29) is 15.7 Å². The highest BCUT2D eigenvalue weighted by atomic mass is 32.2. The Hall–Kier alpha value is -5.26. The third-order valence-corrected chi connectivity index (χ3v) is 11.4. The number of fused-ring (bicyclic) bond motifs is 3. The van der Waals surface area contributed by atoms with Crippen LogP contribution in [0.3, 0.4) is 0 Å². The van der Waals surface area contributed by atoms with Gasteiger partial charge in [0.1, 0.15) is 5.65 Å². The van der Waals surface area contributed by atoms with E-state index in [1.807, 2.05) is 66.9 Å². The maximum Gasteiger partial charge on any atom is 0.283 e. The molecule has 1 N–H and O–H groups in total. The molecule has 0 radical (unpaired) electrons. The molecule has 0 bridgehead atoms. The second-order valence-corrected chi connectivity index (χ2v) is 15.0. The van der Waals surface area contributed by atoms with Crippen LogP contribution in [0.2, 0.25) is 0 Å². The normalized spacial score (nSPS) is 12.1. The monoisotopic (exact) mass is 647 g/mol. The van der Waals surface area contributed by atoms with Crippen molar-refractivity contribution in [2.45, 2.75) is 15.7 Å². The van der Waals surface area contributed by atoms with Crippen LogP contribution in [0.4, 0.5) is 5.69 Å². The quantitative estimate of drug-likeness (QED) is 0.199. The lowest BCUT2D eigenvalue weighted by molar-refractivity contribution is 0.590. The van der Waals surface area contributed by atoms with Crippen molar-refractivity contribution in [1.82, 2.24) is 19.5 Å². The van der Waals surface area contributed by atoms with E-state index in [0.29, 0.717) is 16.9 Å². The molecule has 0 aliphatic rings. The Balaban J connectivity index is 1.34. The zero-order valence-electron chi connectivity index (χ0n) is 25.0. The average molecular weight is 648 g/mol. The fourth-order valence-electron chi connectivity index (χ4n) is 5.70. The number of benzene rings is 4. The van der Waals surface area contributed by atoms with Crippen LogP contribution in [0.25, 0.3) is 44.2 Å². The van der Waals surface area contributed by atoms with E-state index in [2.05, 4.69) is 9.97 Å². The Morgan fingerprint density at radius 1 is 0.804 bits per heavy atom. The summed E-state index contributed by atoms with van der Waals surface area (Å²) >= 11 is 0. The topological polar surface area (TPSA) is 118 Å². The summed E-state index contributed by atoms with van der Waals surface area (Å²) in [7, 11) is -4.16. The molecule has 0 fully saturated rings. The molecule has 0 amide bonds. The number of aromatic nitrogens is 4. The van der Waals surface area contributed by atoms with Crippen LogP contribution >= 0.6 is 0 Å². The molecule has 3 heterocycles. The van der Waals surface area contributed by atoms with E-state index < -0.39 is 19.9 Å². The zero-order chi connectivity index (χ0) is 32.1. The lowest BCUT2D eigenvalue weighted by Gasteiger charge is -2.19. The molecule has 46 heavy (non-hydrogen) atoms. The molecule has 4 aromatic carbocycles. The second-order valence-electron chi connectivity index (χ2n) is 11.1. The molecule has 0 aliphatic carbocycles. The van der Waals surface area contributed by atoms with E-state index in [1.165, 1.54) is 23.9 Å². The van der Waals surface area contributed by atoms with E-state index in [1.54, 1.807) is 54.1 Å². The average Bonchev–Trinajstić information content (AvgIpc) is 3.68. The highest BCUT2D eigenvalue weighted by molar-refractivity contribution is 7.92. The van der Waals surface area contributed by atoms with Crippen LogP contribution in [-0.4, -0.2) is 43.4 Å². The number of sulfonamides is 1. The fraction of sp³-hybridized carbons (Fsp3) is 0.0857. The van der Waals surface area contributed by atoms with E-state index >= 15 is 0 Å². The van der Waals surface area contributed by atoms with Gasteiger partial charge in [-0.3, -0.25) is 4.31 Å². The molecule has 11 heteroatoms. The molecule has 0 aliphatic heterocycles. The molecule has 0 spiro atoms. The Morgan fingerprint density at radius 3 is 2.17 bits per heavy atom. The van der Waals surface area contributed by atoms with Crippen molar-refractivity contribution in [2.75, 3.05) is 11.4 Å². The molecule has 0 unspecified atom stereocenters. The number of aryl methyl sites for hydroxylation is 1. The molecular weight excluding hydrogens is 619 g/mol. The predicted molar refractivity (Wildman–Crippen MR) is 181 cm³/mol. The van der Waals surface area contributed by atoms with Crippen LogP contribution in [-0.2, 0) is 32.7 Å². The minimum absolute atomic E-state index is 0.0298. The van der Waals surface area contributed by atoms with Crippen LogP contribution < -0.4 is 4.31 Å². The summed E-state index contributed by atoms with van der Waals surface area (Å²) in [6, 6.07) is 31.3. The lowest BCUT2D eigenvalue weighted by Crippen LogP contribution is -2.26. The summed E-state index contributed by atoms with van der Waals surface area (Å²) < 4.78 is 55.6. The second kappa shape index (κ2) is 11.3. The SMILES string of the molecule is CN(c1ccc(-c2cnc3[nH]c4ccc(CS(=O)(=O)c5ccccc5)cc4c3c2-c2ccccc2)cc1)S(=O)(=O)c1cn(C)cn1. The van der Waals surface area contributed by atoms with Crippen molar-refractivity contribution in [3.8, 4) is 22.3 Å². The van der Waals surface area contributed by atoms with E-state index in [0.717, 1.165) is 38.5 Å². The molecule has 0 saturated heterocycles. The van der Waals surface area contributed by atoms with Crippen molar-refractivity contribution in [3.63, 3.8) is 0 Å². The van der Waals surface area contributed by atoms with Gasteiger partial charge in [-0.25, -0.2) is 18.4 Å². The maximum absolute atomic E-state index is 13.2. The number of anilines is 1. The number of imidazole rings is 1. The van der Waals surface area contributed by atoms with Gasteiger partial charge >= 0.3 is 0 Å². The maximum atomic E-state index is 13.2. The van der Waals surface area contributed by atoms with Gasteiger partial charge in [-0.05, 0) is 53.1 Å². The summed E-state index contributed by atoms with van der Waals surface area (Å²) in [6.45, 7) is 0. The van der Waals surface area contributed by atoms with Gasteiger partial charge in [-0.15, -0.1) is 0 Å². The first-order valence-corrected chi connectivity index (χ1v) is 17.5. The highest BCUT2D eigenvalue weighted by Gasteiger charge is 2.24. The highest BCUT2D eigenvalue weighted by Crippen LogP contribution is 2.41. The molecule has 0 saturated carbocycles. The van der Waals surface area contributed by atoms with Crippen molar-refractivity contribution < 1.29 is 16.8 Å². The van der Waals surface area contributed by atoms with Crippen molar-refractivity contribution in [2.24, 2.45) is 7.05 Å². The van der Waals surface area contributed by atoms with Gasteiger partial charge in [0.25, 0.3) is 10.0 Å². The largest absolute Gasteiger partial charge is 0.339 e. The van der Waals surface area contributed by atoms with Crippen molar-refractivity contribution in [1.29, 1.82) is 0 Å². The number of sulfone groups is 1. The Bertz CT molecular complexity index is 2440. The van der Waals surface area contributed by atoms with Crippen LogP contribution in [0.5, 0.6) is 0 Å². The van der Waals surface area contributed by atoms with Gasteiger partial charge in [-0.1, -0.05) is 66.7 Å². The minimum Gasteiger partial charge on any atom is -0.339 e. The number of H-pyrrole nitrogens is 1. The van der Waals surface area contributed by atoms with Gasteiger partial charge in [0.2, 0.25) is 0 Å². The number of hydrogen-bond donors (Lipinski definition) is 1. The Labute approximate surface area is 266 Å². The van der Waals surface area contributed by atoms with Crippen LogP contribution in [0.15, 0.2) is 132 Å². The molecular formula is C35H29N5O4S2. The summed E-state index contributed by atoms with van der Waals surface area (Å²) in [5, 5.41) is 1.70. The van der Waals surface area contributed by atoms with Crippen LogP contribution in [0, 0.1) is 0 Å². The summed E-state index contributed by atoms with van der Waals surface area (Å²) in [5.41, 5.74) is 6.27. The minimum atomic E-state index is -3.84. The van der Waals surface area contributed by atoms with Gasteiger partial charge < -0.3 is 9.55 Å². The van der Waals surface area contributed by atoms with Gasteiger partial charge in [0.05, 0.1) is 22.7 Å². The standard InChI is InChI=1S/C35H29N5O4S2/c1-39-21-32(37-23-39)46(43,44)40(2)27-16-14-25(15-17-27)30-20-36-35-34(33(30)26-9-5-3-6-10-26)29-19-24(13-18-31(29)38-35)22-45(41,42)28-11-7-4-8-12-28/h3-21,23H,22H2,1-2H3,(H,36,38). The zero-order valence-corrected chi connectivity index (χ0v) is 26.6. The van der Waals surface area contributed by atoms with E-state index in [4.69, 9.17) is 4.98 Å². The fourth-order valence-corrected chi connectivity index (χ4v) is 8.22. The number of nitrogens with zero attached hydrogens (tertiary/aromatic N) is 4. The first-order valence-electron chi connectivity index (χ1n) is 14.5. The molecule has 230 valence electrons. The lowest BCUT2D eigenvalue weighted by atomic mass is 9.92. The molecule has 9 nitrogen and oxygen atoms in total. The van der Waals surface area contributed by atoms with Crippen molar-refractivity contribution in [3.05, 3.63) is 127 Å². The van der Waals surface area contributed by atoms with Gasteiger partial charge in [-0.2, -0.15) is 8.42 Å². The predicted octanol–water partition coefficient (Wildman–Crippen LogP) is 6.58. The van der Waals surface area contributed by atoms with Gasteiger partial charge in [0.15, 0.2) is 14.9 Å². The summed E-state index contributed by atoms with van der Waals surface area (Å²) in [6.07, 6.45) is 4.73. The molecule has 0 atom stereocenters. The summed E-state index contributed by atoms with van der Waals surface area (Å²) in [5.74, 6) is -0.135. The first-order chi connectivity index (χ1) is 22.1. The Kier molecular flexibility index (Phi) is 7.22.